The minimum atomic E-state index is -4.38. The largest absolute Gasteiger partial charge is 0.508 e. The highest BCUT2D eigenvalue weighted by Crippen LogP contribution is 2.29. The first-order valence-electron chi connectivity index (χ1n) is 6.05. The summed E-state index contributed by atoms with van der Waals surface area (Å²) in [5.41, 5.74) is 0.0497. The molecule has 0 heterocycles. The lowest BCUT2D eigenvalue weighted by Crippen LogP contribution is -2.04. The number of ketones is 1. The minimum Gasteiger partial charge on any atom is -0.508 e. The first-order valence-corrected chi connectivity index (χ1v) is 6.05. The Balaban J connectivity index is 2.12. The molecule has 2 nitrogen and oxygen atoms in total. The van der Waals surface area contributed by atoms with E-state index in [9.17, 15) is 23.1 Å². The van der Waals surface area contributed by atoms with E-state index >= 15 is 0 Å². The average Bonchev–Trinajstić information content (AvgIpc) is 2.44. The zero-order valence-corrected chi connectivity index (χ0v) is 10.8. The van der Waals surface area contributed by atoms with Crippen molar-refractivity contribution in [3.63, 3.8) is 0 Å². The number of hydrogen-bond donors (Lipinski definition) is 1. The van der Waals surface area contributed by atoms with Crippen molar-refractivity contribution in [2.75, 3.05) is 0 Å². The molecule has 0 fully saturated rings. The van der Waals surface area contributed by atoms with Crippen LogP contribution in [0.4, 0.5) is 13.2 Å². The summed E-state index contributed by atoms with van der Waals surface area (Å²) in [6.07, 6.45) is -1.70. The van der Waals surface area contributed by atoms with Crippen LogP contribution in [0.5, 0.6) is 5.75 Å². The molecule has 2 aromatic carbocycles. The van der Waals surface area contributed by atoms with E-state index in [1.165, 1.54) is 42.5 Å². The first kappa shape index (κ1) is 14.8. The number of rotatable bonds is 3. The van der Waals surface area contributed by atoms with Crippen molar-refractivity contribution in [3.05, 3.63) is 71.3 Å². The standard InChI is InChI=1S/C16H11F3O2/c17-16(18,19)13-7-4-11(5-8-13)6-9-15(21)12-2-1-3-14(20)10-12/h1-10,20H/b9-6+. The molecule has 0 amide bonds. The van der Waals surface area contributed by atoms with Crippen molar-refractivity contribution >= 4 is 11.9 Å². The number of carbonyl (C=O) groups is 1. The van der Waals surface area contributed by atoms with Crippen molar-refractivity contribution in [1.82, 2.24) is 0 Å². The number of carbonyl (C=O) groups excluding carboxylic acids is 1. The number of halogens is 3. The number of benzene rings is 2. The van der Waals surface area contributed by atoms with E-state index in [2.05, 4.69) is 0 Å². The van der Waals surface area contributed by atoms with Gasteiger partial charge in [0.15, 0.2) is 5.78 Å². The summed E-state index contributed by atoms with van der Waals surface area (Å²) in [4.78, 5) is 11.8. The van der Waals surface area contributed by atoms with Gasteiger partial charge < -0.3 is 5.11 Å². The number of phenols is 1. The van der Waals surface area contributed by atoms with Crippen LogP contribution in [0.25, 0.3) is 6.08 Å². The van der Waals surface area contributed by atoms with Crippen molar-refractivity contribution in [2.45, 2.75) is 6.18 Å². The quantitative estimate of drug-likeness (QED) is 0.676. The van der Waals surface area contributed by atoms with Crippen molar-refractivity contribution in [1.29, 1.82) is 0 Å². The smallest absolute Gasteiger partial charge is 0.416 e. The van der Waals surface area contributed by atoms with E-state index in [1.54, 1.807) is 6.07 Å². The molecule has 108 valence electrons. The van der Waals surface area contributed by atoms with Gasteiger partial charge in [0.1, 0.15) is 5.75 Å². The minimum absolute atomic E-state index is 0.0243. The zero-order chi connectivity index (χ0) is 15.5. The summed E-state index contributed by atoms with van der Waals surface area (Å²) in [6, 6.07) is 10.3. The Morgan fingerprint density at radius 2 is 1.71 bits per heavy atom. The second-order valence-corrected chi connectivity index (χ2v) is 4.37. The van der Waals surface area contributed by atoms with Crippen molar-refractivity contribution < 1.29 is 23.1 Å². The fourth-order valence-corrected chi connectivity index (χ4v) is 1.71. The van der Waals surface area contributed by atoms with Gasteiger partial charge in [-0.15, -0.1) is 0 Å². The van der Waals surface area contributed by atoms with Gasteiger partial charge >= 0.3 is 6.18 Å². The lowest BCUT2D eigenvalue weighted by atomic mass is 10.1. The Morgan fingerprint density at radius 3 is 2.29 bits per heavy atom. The summed E-state index contributed by atoms with van der Waals surface area (Å²) in [6.45, 7) is 0. The Kier molecular flexibility index (Phi) is 4.12. The highest BCUT2D eigenvalue weighted by Gasteiger charge is 2.29. The van der Waals surface area contributed by atoms with Crippen LogP contribution in [0.2, 0.25) is 0 Å². The molecular formula is C16H11F3O2. The molecule has 0 spiro atoms. The number of alkyl halides is 3. The van der Waals surface area contributed by atoms with E-state index in [0.717, 1.165) is 12.1 Å². The molecule has 0 bridgehead atoms. The summed E-state index contributed by atoms with van der Waals surface area (Å²) in [5.74, 6) is -0.366. The normalized spacial score (nSPS) is 11.8. The molecule has 0 saturated heterocycles. The number of aromatic hydroxyl groups is 1. The van der Waals surface area contributed by atoms with Crippen LogP contribution < -0.4 is 0 Å². The van der Waals surface area contributed by atoms with Gasteiger partial charge in [0, 0.05) is 5.56 Å². The van der Waals surface area contributed by atoms with Crippen LogP contribution in [0.1, 0.15) is 21.5 Å². The van der Waals surface area contributed by atoms with Gasteiger partial charge in [-0.25, -0.2) is 0 Å². The van der Waals surface area contributed by atoms with E-state index < -0.39 is 11.7 Å². The molecular weight excluding hydrogens is 281 g/mol. The summed E-state index contributed by atoms with van der Waals surface area (Å²) >= 11 is 0. The topological polar surface area (TPSA) is 37.3 Å². The van der Waals surface area contributed by atoms with Gasteiger partial charge in [-0.05, 0) is 35.9 Å². The zero-order valence-electron chi connectivity index (χ0n) is 10.8. The third-order valence-corrected chi connectivity index (χ3v) is 2.80. The van der Waals surface area contributed by atoms with Gasteiger partial charge in [-0.1, -0.05) is 30.3 Å². The Morgan fingerprint density at radius 1 is 1.05 bits per heavy atom. The maximum atomic E-state index is 12.4. The van der Waals surface area contributed by atoms with Crippen LogP contribution in [0.15, 0.2) is 54.6 Å². The number of hydrogen-bond acceptors (Lipinski definition) is 2. The van der Waals surface area contributed by atoms with Gasteiger partial charge in [-0.3, -0.25) is 4.79 Å². The van der Waals surface area contributed by atoms with Gasteiger partial charge in [0.25, 0.3) is 0 Å². The average molecular weight is 292 g/mol. The van der Waals surface area contributed by atoms with E-state index in [4.69, 9.17) is 0 Å². The molecule has 0 aliphatic carbocycles. The third-order valence-electron chi connectivity index (χ3n) is 2.80. The monoisotopic (exact) mass is 292 g/mol. The summed E-state index contributed by atoms with van der Waals surface area (Å²) in [7, 11) is 0. The van der Waals surface area contributed by atoms with Gasteiger partial charge in [-0.2, -0.15) is 13.2 Å². The third kappa shape index (κ3) is 3.95. The highest BCUT2D eigenvalue weighted by atomic mass is 19.4. The second kappa shape index (κ2) is 5.83. The Labute approximate surface area is 119 Å². The molecule has 0 aromatic heterocycles. The molecule has 0 atom stereocenters. The fourth-order valence-electron chi connectivity index (χ4n) is 1.71. The molecule has 2 rings (SSSR count). The lowest BCUT2D eigenvalue weighted by molar-refractivity contribution is -0.137. The number of allylic oxidation sites excluding steroid dienone is 1. The molecule has 0 saturated carbocycles. The molecule has 21 heavy (non-hydrogen) atoms. The predicted molar refractivity (Wildman–Crippen MR) is 72.9 cm³/mol. The Bertz CT molecular complexity index is 671. The van der Waals surface area contributed by atoms with Crippen LogP contribution in [-0.4, -0.2) is 10.9 Å². The molecule has 0 aliphatic heterocycles. The molecule has 2 aromatic rings. The van der Waals surface area contributed by atoms with E-state index in [1.807, 2.05) is 0 Å². The van der Waals surface area contributed by atoms with Gasteiger partial charge in [0.2, 0.25) is 0 Å². The summed E-state index contributed by atoms with van der Waals surface area (Å²) in [5, 5.41) is 9.27. The van der Waals surface area contributed by atoms with Crippen LogP contribution in [-0.2, 0) is 6.18 Å². The lowest BCUT2D eigenvalue weighted by Gasteiger charge is -2.05. The van der Waals surface area contributed by atoms with E-state index in [0.29, 0.717) is 11.1 Å². The van der Waals surface area contributed by atoms with Crippen molar-refractivity contribution in [2.24, 2.45) is 0 Å². The molecule has 0 radical (unpaired) electrons. The van der Waals surface area contributed by atoms with Crippen LogP contribution in [0, 0.1) is 0 Å². The van der Waals surface area contributed by atoms with Crippen LogP contribution in [0.3, 0.4) is 0 Å². The number of phenolic OH excluding ortho intramolecular Hbond substituents is 1. The predicted octanol–water partition coefficient (Wildman–Crippen LogP) is 4.31. The maximum Gasteiger partial charge on any atom is 0.416 e. The highest BCUT2D eigenvalue weighted by molar-refractivity contribution is 6.07. The van der Waals surface area contributed by atoms with Crippen LogP contribution >= 0.6 is 0 Å². The Hall–Kier alpha value is -2.56. The van der Waals surface area contributed by atoms with Gasteiger partial charge in [0.05, 0.1) is 5.56 Å². The SMILES string of the molecule is O=C(/C=C/c1ccc(C(F)(F)F)cc1)c1cccc(O)c1. The fraction of sp³-hybridized carbons (Fsp3) is 0.0625. The first-order chi connectivity index (χ1) is 9.86. The molecule has 5 heteroatoms. The second-order valence-electron chi connectivity index (χ2n) is 4.37. The molecule has 1 N–H and O–H groups in total. The van der Waals surface area contributed by atoms with Crippen molar-refractivity contribution in [3.8, 4) is 5.75 Å². The molecule has 0 unspecified atom stereocenters. The summed E-state index contributed by atoms with van der Waals surface area (Å²) < 4.78 is 37.2. The maximum absolute atomic E-state index is 12.4. The van der Waals surface area contributed by atoms with E-state index in [-0.39, 0.29) is 11.5 Å². The molecule has 0 aliphatic rings.